The van der Waals surface area contributed by atoms with Gasteiger partial charge in [-0.25, -0.2) is 4.79 Å². The van der Waals surface area contributed by atoms with Crippen LogP contribution in [0.3, 0.4) is 0 Å². The number of amides is 1. The normalized spacial score (nSPS) is 17.1. The summed E-state index contributed by atoms with van der Waals surface area (Å²) in [5.74, 6) is -0.591. The largest absolute Gasteiger partial charge is 0.510 e. The van der Waals surface area contributed by atoms with E-state index in [2.05, 4.69) is 6.92 Å². The molecule has 1 N–H and O–H groups in total. The summed E-state index contributed by atoms with van der Waals surface area (Å²) in [5.41, 5.74) is 0.267. The second-order valence-electron chi connectivity index (χ2n) is 7.59. The lowest BCUT2D eigenvalue weighted by atomic mass is 10.1. The van der Waals surface area contributed by atoms with E-state index < -0.39 is 17.2 Å². The number of carbonyl (C=O) groups excluding carboxylic acids is 2. The van der Waals surface area contributed by atoms with Crippen molar-refractivity contribution in [1.29, 1.82) is 0 Å². The highest BCUT2D eigenvalue weighted by Crippen LogP contribution is 2.35. The molecular formula is C23H32N2O8S. The second-order valence-corrected chi connectivity index (χ2v) is 8.87. The predicted molar refractivity (Wildman–Crippen MR) is 127 cm³/mol. The van der Waals surface area contributed by atoms with Crippen LogP contribution in [0.15, 0.2) is 35.7 Å². The molecule has 34 heavy (non-hydrogen) atoms. The molecule has 0 aromatic heterocycles. The van der Waals surface area contributed by atoms with Crippen molar-refractivity contribution < 1.29 is 33.8 Å². The van der Waals surface area contributed by atoms with E-state index in [0.29, 0.717) is 12.2 Å². The third-order valence-corrected chi connectivity index (χ3v) is 6.32. The van der Waals surface area contributed by atoms with E-state index in [1.165, 1.54) is 29.2 Å². The third-order valence-electron chi connectivity index (χ3n) is 5.03. The molecule has 0 spiro atoms. The minimum atomic E-state index is -0.845. The maximum absolute atomic E-state index is 13.0. The predicted octanol–water partition coefficient (Wildman–Crippen LogP) is 4.29. The fraction of sp³-hybridized carbons (Fsp3) is 0.565. The van der Waals surface area contributed by atoms with Gasteiger partial charge >= 0.3 is 5.97 Å². The molecule has 1 heterocycles. The lowest BCUT2D eigenvalue weighted by Gasteiger charge is -2.40. The number of nitro groups is 1. The zero-order valence-corrected chi connectivity index (χ0v) is 20.5. The van der Waals surface area contributed by atoms with Crippen LogP contribution in [0.1, 0.15) is 52.0 Å². The number of β-lactam (4-membered cyclic amide) rings is 1. The lowest BCUT2D eigenvalue weighted by Crippen LogP contribution is -2.52. The van der Waals surface area contributed by atoms with Gasteiger partial charge in [0.2, 0.25) is 5.91 Å². The molecule has 1 aromatic carbocycles. The van der Waals surface area contributed by atoms with Crippen LogP contribution in [-0.2, 0) is 30.4 Å². The van der Waals surface area contributed by atoms with Crippen LogP contribution < -0.4 is 0 Å². The Morgan fingerprint density at radius 2 is 2.00 bits per heavy atom. The van der Waals surface area contributed by atoms with Gasteiger partial charge in [0.05, 0.1) is 23.3 Å². The molecule has 0 radical (unpaired) electrons. The van der Waals surface area contributed by atoms with Gasteiger partial charge in [-0.2, -0.15) is 0 Å². The van der Waals surface area contributed by atoms with Crippen molar-refractivity contribution in [2.24, 2.45) is 0 Å². The Bertz CT molecular complexity index is 874. The fourth-order valence-electron chi connectivity index (χ4n) is 3.16. The molecule has 1 aliphatic heterocycles. The molecule has 0 aliphatic carbocycles. The Balaban J connectivity index is 2.13. The number of nitro benzene ring substituents is 1. The summed E-state index contributed by atoms with van der Waals surface area (Å²) >= 11 is 1.55. The Kier molecular flexibility index (Phi) is 11.3. The van der Waals surface area contributed by atoms with Crippen molar-refractivity contribution in [2.45, 2.75) is 64.7 Å². The summed E-state index contributed by atoms with van der Waals surface area (Å²) < 4.78 is 16.1. The number of esters is 1. The van der Waals surface area contributed by atoms with Gasteiger partial charge in [0, 0.05) is 25.2 Å². The molecule has 1 aliphatic rings. The third kappa shape index (κ3) is 8.00. The number of nitrogens with zero attached hydrogens (tertiary/aromatic N) is 2. The first-order valence-corrected chi connectivity index (χ1v) is 12.3. The van der Waals surface area contributed by atoms with Crippen LogP contribution in [0.25, 0.3) is 0 Å². The molecule has 2 unspecified atom stereocenters. The molecule has 0 bridgehead atoms. The Hall–Kier alpha value is -2.63. The summed E-state index contributed by atoms with van der Waals surface area (Å²) in [4.78, 5) is 37.0. The van der Waals surface area contributed by atoms with Crippen LogP contribution in [0.5, 0.6) is 0 Å². The van der Waals surface area contributed by atoms with E-state index in [-0.39, 0.29) is 54.5 Å². The van der Waals surface area contributed by atoms with Crippen molar-refractivity contribution in [2.75, 3.05) is 19.0 Å². The Labute approximate surface area is 203 Å². The van der Waals surface area contributed by atoms with Gasteiger partial charge < -0.3 is 19.3 Å². The van der Waals surface area contributed by atoms with Gasteiger partial charge in [-0.05, 0) is 43.7 Å². The molecule has 1 fully saturated rings. The highest BCUT2D eigenvalue weighted by atomic mass is 32.2. The van der Waals surface area contributed by atoms with Crippen LogP contribution in [0, 0.1) is 10.1 Å². The first-order valence-electron chi connectivity index (χ1n) is 11.3. The molecule has 11 heteroatoms. The van der Waals surface area contributed by atoms with Crippen molar-refractivity contribution in [3.8, 4) is 0 Å². The highest BCUT2D eigenvalue weighted by molar-refractivity contribution is 8.00. The van der Waals surface area contributed by atoms with E-state index >= 15 is 0 Å². The number of ether oxygens (including phenoxy) is 3. The standard InChI is InChI=1S/C23H32N2O8S/c1-4-6-13-34-21-14-20(27)24(21)22(19(26)11-12-32-16(3)31-5-2)23(28)33-15-17-7-9-18(10-8-17)25(29)30/h7-10,16,21,26H,4-6,11-15H2,1-3H3. The van der Waals surface area contributed by atoms with E-state index in [1.54, 1.807) is 18.7 Å². The molecule has 0 saturated carbocycles. The monoisotopic (exact) mass is 496 g/mol. The number of hydrogen-bond acceptors (Lipinski definition) is 9. The van der Waals surface area contributed by atoms with Crippen LogP contribution >= 0.6 is 11.8 Å². The van der Waals surface area contributed by atoms with Crippen molar-refractivity contribution in [3.05, 3.63) is 51.4 Å². The minimum absolute atomic E-state index is 0.00446. The molecule has 188 valence electrons. The van der Waals surface area contributed by atoms with Crippen molar-refractivity contribution in [1.82, 2.24) is 4.90 Å². The number of aliphatic hydroxyl groups is 1. The first kappa shape index (κ1) is 27.6. The maximum Gasteiger partial charge on any atom is 0.358 e. The molecule has 2 atom stereocenters. The molecular weight excluding hydrogens is 464 g/mol. The number of benzene rings is 1. The van der Waals surface area contributed by atoms with E-state index in [1.807, 2.05) is 6.92 Å². The SMILES string of the molecule is CCCCSC1CC(=O)N1C(C(=O)OCc1ccc([N+](=O)[O-])cc1)=C(O)CCOC(C)OCC. The first-order chi connectivity index (χ1) is 16.3. The minimum Gasteiger partial charge on any atom is -0.510 e. The number of carbonyl (C=O) groups is 2. The van der Waals surface area contributed by atoms with Crippen molar-refractivity contribution in [3.63, 3.8) is 0 Å². The van der Waals surface area contributed by atoms with Gasteiger partial charge in [-0.3, -0.25) is 19.8 Å². The number of hydrogen-bond donors (Lipinski definition) is 1. The summed E-state index contributed by atoms with van der Waals surface area (Å²) in [5, 5.41) is 21.3. The zero-order chi connectivity index (χ0) is 25.1. The average molecular weight is 497 g/mol. The van der Waals surface area contributed by atoms with E-state index in [9.17, 15) is 24.8 Å². The van der Waals surface area contributed by atoms with Crippen LogP contribution in [0.4, 0.5) is 5.69 Å². The van der Waals surface area contributed by atoms with Gasteiger partial charge in [0.25, 0.3) is 5.69 Å². The quantitative estimate of drug-likeness (QED) is 0.0552. The number of aliphatic hydroxyl groups excluding tert-OH is 1. The number of rotatable bonds is 15. The van der Waals surface area contributed by atoms with Gasteiger partial charge in [-0.15, -0.1) is 11.8 Å². The highest BCUT2D eigenvalue weighted by Gasteiger charge is 2.43. The summed E-state index contributed by atoms with van der Waals surface area (Å²) in [6, 6.07) is 5.59. The lowest BCUT2D eigenvalue weighted by molar-refractivity contribution is -0.384. The smallest absolute Gasteiger partial charge is 0.358 e. The second kappa shape index (κ2) is 13.9. The topological polar surface area (TPSA) is 128 Å². The maximum atomic E-state index is 13.0. The molecule has 1 amide bonds. The van der Waals surface area contributed by atoms with Gasteiger partial charge in [0.1, 0.15) is 12.4 Å². The molecule has 2 rings (SSSR count). The molecule has 1 aromatic rings. The Morgan fingerprint density at radius 3 is 2.59 bits per heavy atom. The Morgan fingerprint density at radius 1 is 1.29 bits per heavy atom. The van der Waals surface area contributed by atoms with Crippen molar-refractivity contribution >= 4 is 29.3 Å². The molecule has 1 saturated heterocycles. The van der Waals surface area contributed by atoms with Gasteiger partial charge in [0.15, 0.2) is 12.0 Å². The van der Waals surface area contributed by atoms with Crippen LogP contribution in [0.2, 0.25) is 0 Å². The van der Waals surface area contributed by atoms with Crippen LogP contribution in [-0.4, -0.2) is 57.4 Å². The molecule has 10 nitrogen and oxygen atoms in total. The zero-order valence-electron chi connectivity index (χ0n) is 19.7. The van der Waals surface area contributed by atoms with E-state index in [4.69, 9.17) is 14.2 Å². The summed E-state index contributed by atoms with van der Waals surface area (Å²) in [7, 11) is 0. The summed E-state index contributed by atoms with van der Waals surface area (Å²) in [6.45, 7) is 6.02. The average Bonchev–Trinajstić information content (AvgIpc) is 2.80. The number of non-ortho nitro benzene ring substituents is 1. The fourth-order valence-corrected chi connectivity index (χ4v) is 4.52. The summed E-state index contributed by atoms with van der Waals surface area (Å²) in [6.07, 6.45) is 1.78. The van der Waals surface area contributed by atoms with E-state index in [0.717, 1.165) is 18.6 Å². The number of unbranched alkanes of at least 4 members (excludes halogenated alkanes) is 1. The van der Waals surface area contributed by atoms with Gasteiger partial charge in [-0.1, -0.05) is 13.3 Å². The number of likely N-dealkylation sites (tertiary alicyclic amines) is 1. The number of thioether (sulfide) groups is 1.